The van der Waals surface area contributed by atoms with Crippen molar-refractivity contribution in [3.63, 3.8) is 0 Å². The van der Waals surface area contributed by atoms with Crippen LogP contribution in [0.1, 0.15) is 35.5 Å². The molecule has 0 amide bonds. The average molecular weight is 269 g/mol. The predicted molar refractivity (Wildman–Crippen MR) is 83.1 cm³/mol. The second-order valence-corrected chi connectivity index (χ2v) is 6.19. The standard InChI is InChI=1S/C17H23N3/c1-11-5-6-14(12(2)9-11)15-13(3)19-16(20-15)17(7-8-17)10-18-4/h5-6,9,18H,7-8,10H2,1-4H3,(H,19,20). The van der Waals surface area contributed by atoms with E-state index in [1.165, 1.54) is 35.2 Å². The van der Waals surface area contributed by atoms with Gasteiger partial charge in [-0.15, -0.1) is 0 Å². The zero-order valence-corrected chi connectivity index (χ0v) is 12.8. The van der Waals surface area contributed by atoms with Gasteiger partial charge in [0.1, 0.15) is 5.82 Å². The fraction of sp³-hybridized carbons (Fsp3) is 0.471. The van der Waals surface area contributed by atoms with Crippen molar-refractivity contribution in [2.24, 2.45) is 0 Å². The summed E-state index contributed by atoms with van der Waals surface area (Å²) in [5.41, 5.74) is 6.37. The molecule has 0 bridgehead atoms. The Hall–Kier alpha value is -1.61. The molecular formula is C17H23N3. The SMILES string of the molecule is CNCC1(c2nc(-c3ccc(C)cc3C)c(C)[nH]2)CC1. The number of rotatable bonds is 4. The van der Waals surface area contributed by atoms with Gasteiger partial charge in [0, 0.05) is 23.2 Å². The van der Waals surface area contributed by atoms with Crippen LogP contribution < -0.4 is 5.32 Å². The lowest BCUT2D eigenvalue weighted by Crippen LogP contribution is -2.24. The minimum Gasteiger partial charge on any atom is -0.345 e. The number of hydrogen-bond donors (Lipinski definition) is 2. The van der Waals surface area contributed by atoms with Crippen LogP contribution in [-0.2, 0) is 5.41 Å². The Balaban J connectivity index is 2.01. The molecule has 1 aromatic heterocycles. The molecule has 0 radical (unpaired) electrons. The first-order chi connectivity index (χ1) is 9.55. The summed E-state index contributed by atoms with van der Waals surface area (Å²) < 4.78 is 0. The number of imidazole rings is 1. The summed E-state index contributed by atoms with van der Waals surface area (Å²) in [6.45, 7) is 7.43. The van der Waals surface area contributed by atoms with Crippen molar-refractivity contribution in [3.8, 4) is 11.3 Å². The first-order valence-corrected chi connectivity index (χ1v) is 7.35. The summed E-state index contributed by atoms with van der Waals surface area (Å²) in [5, 5.41) is 3.30. The van der Waals surface area contributed by atoms with E-state index in [4.69, 9.17) is 4.98 Å². The molecule has 1 aliphatic carbocycles. The summed E-state index contributed by atoms with van der Waals surface area (Å²) in [7, 11) is 2.01. The van der Waals surface area contributed by atoms with Crippen molar-refractivity contribution in [1.82, 2.24) is 15.3 Å². The Morgan fingerprint density at radius 1 is 1.25 bits per heavy atom. The number of hydrogen-bond acceptors (Lipinski definition) is 2. The number of aryl methyl sites for hydroxylation is 3. The normalized spacial score (nSPS) is 16.4. The van der Waals surface area contributed by atoms with E-state index in [0.29, 0.717) is 0 Å². The van der Waals surface area contributed by atoms with Crippen molar-refractivity contribution in [3.05, 3.63) is 40.8 Å². The Morgan fingerprint density at radius 2 is 2.00 bits per heavy atom. The van der Waals surface area contributed by atoms with Gasteiger partial charge in [-0.25, -0.2) is 4.98 Å². The van der Waals surface area contributed by atoms with E-state index in [9.17, 15) is 0 Å². The quantitative estimate of drug-likeness (QED) is 0.894. The predicted octanol–water partition coefficient (Wildman–Crippen LogP) is 3.25. The number of nitrogens with zero attached hydrogens (tertiary/aromatic N) is 1. The van der Waals surface area contributed by atoms with Crippen molar-refractivity contribution in [1.29, 1.82) is 0 Å². The fourth-order valence-corrected chi connectivity index (χ4v) is 3.04. The van der Waals surface area contributed by atoms with Gasteiger partial charge in [-0.2, -0.15) is 0 Å². The Morgan fingerprint density at radius 3 is 2.60 bits per heavy atom. The molecule has 0 unspecified atom stereocenters. The lowest BCUT2D eigenvalue weighted by molar-refractivity contribution is 0.593. The van der Waals surface area contributed by atoms with Crippen LogP contribution in [0.5, 0.6) is 0 Å². The lowest BCUT2D eigenvalue weighted by atomic mass is 10.0. The average Bonchev–Trinajstić information content (AvgIpc) is 3.07. The van der Waals surface area contributed by atoms with Crippen molar-refractivity contribution < 1.29 is 0 Å². The second-order valence-electron chi connectivity index (χ2n) is 6.19. The van der Waals surface area contributed by atoms with Crippen LogP contribution in [0.15, 0.2) is 18.2 Å². The highest BCUT2D eigenvalue weighted by atomic mass is 15.0. The molecule has 2 N–H and O–H groups in total. The molecular weight excluding hydrogens is 246 g/mol. The maximum Gasteiger partial charge on any atom is 0.114 e. The number of nitrogens with one attached hydrogen (secondary N) is 2. The highest BCUT2D eigenvalue weighted by molar-refractivity contribution is 5.66. The van der Waals surface area contributed by atoms with Crippen LogP contribution in [0.25, 0.3) is 11.3 Å². The van der Waals surface area contributed by atoms with Crippen LogP contribution in [0.4, 0.5) is 0 Å². The van der Waals surface area contributed by atoms with E-state index >= 15 is 0 Å². The van der Waals surface area contributed by atoms with E-state index in [1.807, 2.05) is 7.05 Å². The molecule has 1 heterocycles. The van der Waals surface area contributed by atoms with E-state index in [2.05, 4.69) is 49.3 Å². The Kier molecular flexibility index (Phi) is 3.17. The van der Waals surface area contributed by atoms with E-state index in [1.54, 1.807) is 0 Å². The summed E-state index contributed by atoms with van der Waals surface area (Å²) >= 11 is 0. The molecule has 0 saturated heterocycles. The monoisotopic (exact) mass is 269 g/mol. The topological polar surface area (TPSA) is 40.7 Å². The molecule has 106 valence electrons. The number of benzene rings is 1. The summed E-state index contributed by atoms with van der Waals surface area (Å²) in [6.07, 6.45) is 2.46. The van der Waals surface area contributed by atoms with E-state index < -0.39 is 0 Å². The van der Waals surface area contributed by atoms with Gasteiger partial charge in [-0.1, -0.05) is 23.8 Å². The van der Waals surface area contributed by atoms with Crippen molar-refractivity contribution >= 4 is 0 Å². The van der Waals surface area contributed by atoms with Crippen LogP contribution in [0, 0.1) is 20.8 Å². The second kappa shape index (κ2) is 4.74. The molecule has 1 aliphatic rings. The summed E-state index contributed by atoms with van der Waals surface area (Å²) in [5.74, 6) is 1.15. The fourth-order valence-electron chi connectivity index (χ4n) is 3.04. The molecule has 1 saturated carbocycles. The third-order valence-corrected chi connectivity index (χ3v) is 4.39. The molecule has 3 rings (SSSR count). The van der Waals surface area contributed by atoms with Gasteiger partial charge in [0.05, 0.1) is 5.69 Å². The van der Waals surface area contributed by atoms with Gasteiger partial charge >= 0.3 is 0 Å². The van der Waals surface area contributed by atoms with Gasteiger partial charge in [-0.05, 0) is 46.2 Å². The first-order valence-electron chi connectivity index (χ1n) is 7.35. The van der Waals surface area contributed by atoms with Crippen LogP contribution in [0.3, 0.4) is 0 Å². The van der Waals surface area contributed by atoms with E-state index in [-0.39, 0.29) is 5.41 Å². The molecule has 1 fully saturated rings. The number of H-pyrrole nitrogens is 1. The molecule has 1 aromatic carbocycles. The minimum absolute atomic E-state index is 0.246. The third kappa shape index (κ3) is 2.16. The summed E-state index contributed by atoms with van der Waals surface area (Å²) in [6, 6.07) is 6.58. The molecule has 0 spiro atoms. The number of aromatic amines is 1. The minimum atomic E-state index is 0.246. The van der Waals surface area contributed by atoms with Gasteiger partial charge in [0.25, 0.3) is 0 Å². The highest BCUT2D eigenvalue weighted by Crippen LogP contribution is 2.47. The lowest BCUT2D eigenvalue weighted by Gasteiger charge is -2.10. The molecule has 3 nitrogen and oxygen atoms in total. The largest absolute Gasteiger partial charge is 0.345 e. The zero-order valence-electron chi connectivity index (χ0n) is 12.8. The van der Waals surface area contributed by atoms with Crippen LogP contribution in [0.2, 0.25) is 0 Å². The number of likely N-dealkylation sites (N-methyl/N-ethyl adjacent to an activating group) is 1. The molecule has 0 aliphatic heterocycles. The zero-order chi connectivity index (χ0) is 14.3. The maximum atomic E-state index is 4.93. The van der Waals surface area contributed by atoms with Gasteiger partial charge in [-0.3, -0.25) is 0 Å². The number of aromatic nitrogens is 2. The van der Waals surface area contributed by atoms with Crippen LogP contribution >= 0.6 is 0 Å². The van der Waals surface area contributed by atoms with Gasteiger partial charge in [0.15, 0.2) is 0 Å². The van der Waals surface area contributed by atoms with Gasteiger partial charge < -0.3 is 10.3 Å². The smallest absolute Gasteiger partial charge is 0.114 e. The van der Waals surface area contributed by atoms with Crippen molar-refractivity contribution in [2.75, 3.05) is 13.6 Å². The van der Waals surface area contributed by atoms with Crippen LogP contribution in [-0.4, -0.2) is 23.6 Å². The Bertz CT molecular complexity index is 636. The highest BCUT2D eigenvalue weighted by Gasteiger charge is 2.46. The maximum absolute atomic E-state index is 4.93. The molecule has 0 atom stereocenters. The van der Waals surface area contributed by atoms with Crippen molar-refractivity contribution in [2.45, 2.75) is 39.0 Å². The molecule has 2 aromatic rings. The first kappa shape index (κ1) is 13.4. The summed E-state index contributed by atoms with van der Waals surface area (Å²) in [4.78, 5) is 8.45. The Labute approximate surface area is 120 Å². The molecule has 20 heavy (non-hydrogen) atoms. The molecule has 3 heteroatoms. The van der Waals surface area contributed by atoms with Gasteiger partial charge in [0.2, 0.25) is 0 Å². The van der Waals surface area contributed by atoms with E-state index in [0.717, 1.165) is 18.1 Å². The third-order valence-electron chi connectivity index (χ3n) is 4.39.